The third kappa shape index (κ3) is 4.69. The largest absolute Gasteiger partial charge is 0.516 e. The van der Waals surface area contributed by atoms with Gasteiger partial charge in [-0.25, -0.2) is 18.1 Å². The summed E-state index contributed by atoms with van der Waals surface area (Å²) >= 11 is 0. The van der Waals surface area contributed by atoms with E-state index in [0.29, 0.717) is 29.7 Å². The minimum Gasteiger partial charge on any atom is -0.347 e. The van der Waals surface area contributed by atoms with E-state index in [9.17, 15) is 35.2 Å². The van der Waals surface area contributed by atoms with Gasteiger partial charge in [0.15, 0.2) is 0 Å². The van der Waals surface area contributed by atoms with Crippen molar-refractivity contribution >= 4 is 33.6 Å². The minimum atomic E-state index is -5.58. The van der Waals surface area contributed by atoms with E-state index in [2.05, 4.69) is 15.4 Å². The number of pyridine rings is 1. The van der Waals surface area contributed by atoms with Crippen LogP contribution in [0.2, 0.25) is 0 Å². The van der Waals surface area contributed by atoms with Gasteiger partial charge in [-0.1, -0.05) is 13.0 Å². The van der Waals surface area contributed by atoms with Crippen LogP contribution in [-0.2, 0) is 23.0 Å². The summed E-state index contributed by atoms with van der Waals surface area (Å²) in [7, 11) is -5.58. The molecule has 15 heteroatoms. The first-order valence-electron chi connectivity index (χ1n) is 10.5. The highest BCUT2D eigenvalue weighted by atomic mass is 32.2. The summed E-state index contributed by atoms with van der Waals surface area (Å²) in [4.78, 5) is 17.1. The van der Waals surface area contributed by atoms with Crippen LogP contribution in [0.15, 0.2) is 41.6 Å². The number of hydrogen-bond acceptors (Lipinski definition) is 6. The number of alkyl halides is 3. The van der Waals surface area contributed by atoms with Crippen molar-refractivity contribution in [1.29, 1.82) is 0 Å². The maximum atomic E-state index is 14.7. The SMILES string of the molecule is CCc1nc2ccc(F)cn2c1C(=O)NCc1ccc(N2CCN(S(=O)(=O)C(F)(F)F)C=N2)c(F)c1. The molecule has 36 heavy (non-hydrogen) atoms. The molecule has 2 aromatic heterocycles. The second-order valence-corrected chi connectivity index (χ2v) is 9.60. The van der Waals surface area contributed by atoms with Gasteiger partial charge in [0.1, 0.15) is 29.3 Å². The molecular formula is C21H19F5N6O3S. The Morgan fingerprint density at radius 2 is 1.89 bits per heavy atom. The van der Waals surface area contributed by atoms with Gasteiger partial charge in [0, 0.05) is 12.7 Å². The standard InChI is InChI=1S/C21H19F5N6O3S/c1-2-16-19(31-11-14(22)4-6-18(31)29-16)20(33)27-10-13-3-5-17(15(23)9-13)32-8-7-30(12-28-32)36(34,35)21(24,25)26/h3-6,9,11-12H,2,7-8,10H2,1H3,(H,27,33). The molecule has 0 unspecified atom stereocenters. The van der Waals surface area contributed by atoms with Crippen LogP contribution < -0.4 is 10.3 Å². The zero-order valence-electron chi connectivity index (χ0n) is 18.6. The number of halogens is 5. The molecule has 4 rings (SSSR count). The number of carbonyl (C=O) groups excluding carboxylic acids is 1. The van der Waals surface area contributed by atoms with Crippen molar-refractivity contribution in [2.45, 2.75) is 25.4 Å². The monoisotopic (exact) mass is 530 g/mol. The van der Waals surface area contributed by atoms with E-state index in [0.717, 1.165) is 17.3 Å². The van der Waals surface area contributed by atoms with E-state index in [1.54, 1.807) is 6.92 Å². The predicted molar refractivity (Wildman–Crippen MR) is 120 cm³/mol. The highest BCUT2D eigenvalue weighted by molar-refractivity contribution is 7.90. The number of aryl methyl sites for hydroxylation is 1. The number of imidazole rings is 1. The molecule has 0 bridgehead atoms. The Morgan fingerprint density at radius 3 is 2.50 bits per heavy atom. The second kappa shape index (κ2) is 9.37. The van der Waals surface area contributed by atoms with E-state index in [1.165, 1.54) is 28.7 Å². The lowest BCUT2D eigenvalue weighted by Crippen LogP contribution is -2.46. The second-order valence-electron chi connectivity index (χ2n) is 7.72. The van der Waals surface area contributed by atoms with Gasteiger partial charge in [-0.05, 0) is 36.2 Å². The molecule has 0 atom stereocenters. The van der Waals surface area contributed by atoms with E-state index < -0.39 is 39.6 Å². The highest BCUT2D eigenvalue weighted by Crippen LogP contribution is 2.28. The molecule has 0 saturated heterocycles. The number of nitrogens with one attached hydrogen (secondary N) is 1. The van der Waals surface area contributed by atoms with Crippen LogP contribution in [0.1, 0.15) is 28.7 Å². The van der Waals surface area contributed by atoms with Crippen molar-refractivity contribution < 1.29 is 35.2 Å². The lowest BCUT2D eigenvalue weighted by molar-refractivity contribution is -0.0471. The van der Waals surface area contributed by atoms with Gasteiger partial charge in [-0.15, -0.1) is 0 Å². The Hall–Kier alpha value is -3.75. The molecule has 3 aromatic rings. The average Bonchev–Trinajstić information content (AvgIpc) is 3.20. The number of hydrogen-bond donors (Lipinski definition) is 1. The van der Waals surface area contributed by atoms with Gasteiger partial charge in [0.05, 0.1) is 24.5 Å². The fourth-order valence-corrected chi connectivity index (χ4v) is 4.37. The number of benzene rings is 1. The topological polar surface area (TPSA) is 99.4 Å². The molecule has 3 heterocycles. The summed E-state index contributed by atoms with van der Waals surface area (Å²) < 4.78 is 90.8. The Kier molecular flexibility index (Phi) is 6.60. The van der Waals surface area contributed by atoms with Gasteiger partial charge >= 0.3 is 15.5 Å². The molecule has 0 aliphatic carbocycles. The number of anilines is 1. The number of hydrazone groups is 1. The molecule has 192 valence electrons. The lowest BCUT2D eigenvalue weighted by atomic mass is 10.1. The lowest BCUT2D eigenvalue weighted by Gasteiger charge is -2.29. The quantitative estimate of drug-likeness (QED) is 0.494. The van der Waals surface area contributed by atoms with Gasteiger partial charge in [-0.3, -0.25) is 14.2 Å². The zero-order chi connectivity index (χ0) is 26.3. The number of aromatic nitrogens is 2. The summed E-state index contributed by atoms with van der Waals surface area (Å²) in [6, 6.07) is 6.57. The van der Waals surface area contributed by atoms with Crippen molar-refractivity contribution in [2.75, 3.05) is 18.1 Å². The van der Waals surface area contributed by atoms with E-state index in [-0.39, 0.29) is 28.8 Å². The maximum absolute atomic E-state index is 14.7. The molecule has 0 saturated carbocycles. The first-order chi connectivity index (χ1) is 16.9. The van der Waals surface area contributed by atoms with Gasteiger partial charge in [-0.2, -0.15) is 26.7 Å². The fourth-order valence-electron chi connectivity index (χ4n) is 3.62. The minimum absolute atomic E-state index is 0.0435. The molecule has 1 N–H and O–H groups in total. The maximum Gasteiger partial charge on any atom is 0.516 e. The zero-order valence-corrected chi connectivity index (χ0v) is 19.4. The Bertz CT molecular complexity index is 1450. The van der Waals surface area contributed by atoms with E-state index in [4.69, 9.17) is 0 Å². The van der Waals surface area contributed by atoms with Crippen LogP contribution in [0.3, 0.4) is 0 Å². The van der Waals surface area contributed by atoms with Crippen molar-refractivity contribution in [2.24, 2.45) is 5.10 Å². The fraction of sp³-hybridized carbons (Fsp3) is 0.286. The first kappa shape index (κ1) is 25.3. The molecule has 0 spiro atoms. The van der Waals surface area contributed by atoms with Gasteiger partial charge < -0.3 is 5.32 Å². The molecule has 0 fully saturated rings. The smallest absolute Gasteiger partial charge is 0.347 e. The van der Waals surface area contributed by atoms with Crippen LogP contribution >= 0.6 is 0 Å². The van der Waals surface area contributed by atoms with E-state index >= 15 is 0 Å². The predicted octanol–water partition coefficient (Wildman–Crippen LogP) is 3.02. The molecular weight excluding hydrogens is 511 g/mol. The van der Waals surface area contributed by atoms with Crippen molar-refractivity contribution in [3.8, 4) is 0 Å². The number of sulfonamides is 1. The summed E-state index contributed by atoms with van der Waals surface area (Å²) in [5, 5.41) is 7.29. The van der Waals surface area contributed by atoms with Gasteiger partial charge in [0.2, 0.25) is 0 Å². The van der Waals surface area contributed by atoms with Crippen molar-refractivity contribution in [3.05, 3.63) is 65.1 Å². The highest BCUT2D eigenvalue weighted by Gasteiger charge is 2.50. The van der Waals surface area contributed by atoms with Crippen LogP contribution in [0.25, 0.3) is 5.65 Å². The number of amides is 1. The molecule has 1 amide bonds. The van der Waals surface area contributed by atoms with Crippen LogP contribution in [0.5, 0.6) is 0 Å². The normalized spacial score (nSPS) is 14.5. The summed E-state index contributed by atoms with van der Waals surface area (Å²) in [5.41, 5.74) is -4.18. The molecule has 1 aliphatic rings. The number of carbonyl (C=O) groups is 1. The van der Waals surface area contributed by atoms with Crippen LogP contribution in [-0.4, -0.2) is 53.0 Å². The molecule has 9 nitrogen and oxygen atoms in total. The first-order valence-corrected chi connectivity index (χ1v) is 12.0. The number of fused-ring (bicyclic) bond motifs is 1. The summed E-state index contributed by atoms with van der Waals surface area (Å²) in [6.07, 6.45) is 2.04. The van der Waals surface area contributed by atoms with Crippen LogP contribution in [0.4, 0.5) is 27.6 Å². The molecule has 1 aliphatic heterocycles. The summed E-state index contributed by atoms with van der Waals surface area (Å²) in [6.45, 7) is 0.818. The Balaban J connectivity index is 1.47. The van der Waals surface area contributed by atoms with Crippen molar-refractivity contribution in [1.82, 2.24) is 19.0 Å². The Labute approximate surface area is 201 Å². The molecule has 1 aromatic carbocycles. The van der Waals surface area contributed by atoms with Gasteiger partial charge in [0.25, 0.3) is 5.91 Å². The molecule has 0 radical (unpaired) electrons. The summed E-state index contributed by atoms with van der Waals surface area (Å²) in [5.74, 6) is -1.87. The average molecular weight is 530 g/mol. The number of rotatable bonds is 6. The third-order valence-corrected chi connectivity index (χ3v) is 6.88. The Morgan fingerprint density at radius 1 is 1.14 bits per heavy atom. The third-order valence-electron chi connectivity index (χ3n) is 5.40. The van der Waals surface area contributed by atoms with E-state index in [1.807, 2.05) is 0 Å². The number of nitrogens with zero attached hydrogens (tertiary/aromatic N) is 5. The van der Waals surface area contributed by atoms with Crippen LogP contribution in [0, 0.1) is 11.6 Å². The van der Waals surface area contributed by atoms with Crippen molar-refractivity contribution in [3.63, 3.8) is 0 Å².